The molecular weight excluding hydrogens is 618 g/mol. The molecule has 4 heterocycles. The van der Waals surface area contributed by atoms with Crippen molar-refractivity contribution in [2.24, 2.45) is 5.92 Å². The average Bonchev–Trinajstić information content (AvgIpc) is 3.77. The topological polar surface area (TPSA) is 154 Å². The number of nitriles is 1. The maximum absolute atomic E-state index is 14.3. The molecule has 0 radical (unpaired) electrons. The first-order valence-corrected chi connectivity index (χ1v) is 17.8. The number of benzene rings is 2. The summed E-state index contributed by atoms with van der Waals surface area (Å²) < 4.78 is 26.3. The summed E-state index contributed by atoms with van der Waals surface area (Å²) in [4.78, 5) is 49.8. The summed E-state index contributed by atoms with van der Waals surface area (Å²) in [5.41, 5.74) is 0.863. The molecular formula is C32H36FN4O6PS. The van der Waals surface area contributed by atoms with Crippen LogP contribution in [0.25, 0.3) is 10.1 Å². The van der Waals surface area contributed by atoms with Crippen molar-refractivity contribution >= 4 is 40.8 Å². The zero-order valence-electron chi connectivity index (χ0n) is 24.5. The van der Waals surface area contributed by atoms with E-state index in [1.54, 1.807) is 11.0 Å². The molecule has 7 atom stereocenters. The number of hydrogen-bond donors (Lipinski definition) is 4. The van der Waals surface area contributed by atoms with E-state index in [9.17, 15) is 38.7 Å². The molecule has 0 aliphatic carbocycles. The predicted molar refractivity (Wildman–Crippen MR) is 167 cm³/mol. The average molecular weight is 655 g/mol. The molecule has 0 bridgehead atoms. The number of carbonyl (C=O) groups excluding carboxylic acids is 2. The van der Waals surface area contributed by atoms with E-state index in [4.69, 9.17) is 0 Å². The van der Waals surface area contributed by atoms with Crippen molar-refractivity contribution in [1.29, 1.82) is 5.26 Å². The molecule has 1 aromatic heterocycles. The van der Waals surface area contributed by atoms with Crippen molar-refractivity contribution in [3.8, 4) is 6.07 Å². The molecule has 13 heteroatoms. The van der Waals surface area contributed by atoms with Crippen LogP contribution in [0.5, 0.6) is 0 Å². The summed E-state index contributed by atoms with van der Waals surface area (Å²) in [5, 5.41) is 25.0. The van der Waals surface area contributed by atoms with Crippen molar-refractivity contribution in [3.05, 3.63) is 70.6 Å². The number of nitrogens with zero attached hydrogens (tertiary/aromatic N) is 3. The van der Waals surface area contributed by atoms with E-state index >= 15 is 0 Å². The third-order valence-electron chi connectivity index (χ3n) is 9.48. The second-order valence-electron chi connectivity index (χ2n) is 12.3. The number of hydrogen-bond acceptors (Lipinski definition) is 7. The highest BCUT2D eigenvalue weighted by molar-refractivity contribution is 7.51. The maximum atomic E-state index is 14.3. The molecule has 238 valence electrons. The lowest BCUT2D eigenvalue weighted by Crippen LogP contribution is -2.59. The molecule has 3 saturated heterocycles. The van der Waals surface area contributed by atoms with Crippen LogP contribution in [0.4, 0.5) is 4.39 Å². The van der Waals surface area contributed by atoms with Crippen LogP contribution in [-0.4, -0.2) is 74.0 Å². The van der Waals surface area contributed by atoms with Crippen LogP contribution in [-0.2, 0) is 9.36 Å². The van der Waals surface area contributed by atoms with Crippen molar-refractivity contribution in [2.75, 3.05) is 13.1 Å². The van der Waals surface area contributed by atoms with E-state index in [2.05, 4.69) is 11.4 Å². The van der Waals surface area contributed by atoms with Gasteiger partial charge in [0.25, 0.3) is 5.91 Å². The minimum atomic E-state index is -4.97. The van der Waals surface area contributed by atoms with Crippen molar-refractivity contribution in [1.82, 2.24) is 15.1 Å². The number of thiophene rings is 1. The zero-order valence-corrected chi connectivity index (χ0v) is 26.2. The zero-order chi connectivity index (χ0) is 31.9. The lowest BCUT2D eigenvalue weighted by molar-refractivity contribution is -0.142. The smallest absolute Gasteiger partial charge is 0.363 e. The number of aliphatic hydroxyl groups is 1. The lowest BCUT2D eigenvalue weighted by atomic mass is 9.90. The van der Waals surface area contributed by atoms with Crippen LogP contribution in [0.3, 0.4) is 0 Å². The summed E-state index contributed by atoms with van der Waals surface area (Å²) >= 11 is 1.16. The third-order valence-corrected chi connectivity index (χ3v) is 11.5. The Bertz CT molecular complexity index is 1660. The van der Waals surface area contributed by atoms with Gasteiger partial charge in [-0.05, 0) is 60.4 Å². The quantitative estimate of drug-likeness (QED) is 0.281. The minimum Gasteiger partial charge on any atom is -0.376 e. The van der Waals surface area contributed by atoms with Gasteiger partial charge < -0.3 is 25.1 Å². The fourth-order valence-electron chi connectivity index (χ4n) is 7.21. The Morgan fingerprint density at radius 3 is 2.53 bits per heavy atom. The standard InChI is InChI=1S/C32H36FN4O6PS/c33-29(44(41,42)43)20-10-13-27-21(14-20)15-28(45-27)30(38)35-25-9-5-4-8-23-11-12-26(37(23)31(25)39)32(40)36-17-22(16-34)24(18-36)19-6-2-1-3-7-19/h1-3,6-7,10,13-15,22-26,29,31,39H,4-5,8-9,11-12,17-18H2,(H,35,38)(H2,41,42,43)/t22-,23+,24+,25?,26+,29?,31?/m1/s1. The van der Waals surface area contributed by atoms with Crippen LogP contribution in [0, 0.1) is 17.2 Å². The molecule has 2 amide bonds. The first-order chi connectivity index (χ1) is 21.5. The molecule has 0 spiro atoms. The summed E-state index contributed by atoms with van der Waals surface area (Å²) in [5.74, 6) is -3.37. The Labute approximate surface area is 264 Å². The highest BCUT2D eigenvalue weighted by Gasteiger charge is 2.47. The van der Waals surface area contributed by atoms with Gasteiger partial charge in [-0.2, -0.15) is 5.26 Å². The normalized spacial score (nSPS) is 28.2. The van der Waals surface area contributed by atoms with Gasteiger partial charge in [-0.25, -0.2) is 4.39 Å². The van der Waals surface area contributed by atoms with Gasteiger partial charge in [0.15, 0.2) is 0 Å². The van der Waals surface area contributed by atoms with Crippen molar-refractivity contribution in [3.63, 3.8) is 0 Å². The van der Waals surface area contributed by atoms with E-state index < -0.39 is 37.7 Å². The molecule has 10 nitrogen and oxygen atoms in total. The largest absolute Gasteiger partial charge is 0.376 e. The number of fused-ring (bicyclic) bond motifs is 2. The Kier molecular flexibility index (Phi) is 9.12. The lowest BCUT2D eigenvalue weighted by Gasteiger charge is -2.40. The van der Waals surface area contributed by atoms with Gasteiger partial charge in [-0.15, -0.1) is 11.3 Å². The Balaban J connectivity index is 1.18. The molecule has 3 unspecified atom stereocenters. The van der Waals surface area contributed by atoms with Crippen LogP contribution >= 0.6 is 18.9 Å². The Hall–Kier alpha value is -3.17. The van der Waals surface area contributed by atoms with Crippen LogP contribution < -0.4 is 5.32 Å². The molecule has 3 aliphatic heterocycles. The maximum Gasteiger partial charge on any atom is 0.363 e. The number of rotatable bonds is 6. The van der Waals surface area contributed by atoms with E-state index in [1.165, 1.54) is 18.2 Å². The van der Waals surface area contributed by atoms with Gasteiger partial charge in [0.05, 0.1) is 28.9 Å². The Morgan fingerprint density at radius 2 is 1.80 bits per heavy atom. The monoisotopic (exact) mass is 654 g/mol. The number of amides is 2. The molecule has 45 heavy (non-hydrogen) atoms. The van der Waals surface area contributed by atoms with E-state index in [-0.39, 0.29) is 29.3 Å². The molecule has 6 rings (SSSR count). The summed E-state index contributed by atoms with van der Waals surface area (Å²) in [6.07, 6.45) is 3.32. The molecule has 4 N–H and O–H groups in total. The summed E-state index contributed by atoms with van der Waals surface area (Å²) in [7, 11) is -4.97. The van der Waals surface area contributed by atoms with Crippen LogP contribution in [0.1, 0.15) is 71.2 Å². The molecule has 2 aromatic carbocycles. The van der Waals surface area contributed by atoms with E-state index in [1.807, 2.05) is 35.2 Å². The van der Waals surface area contributed by atoms with Crippen molar-refractivity contribution < 1.29 is 33.4 Å². The van der Waals surface area contributed by atoms with E-state index in [0.29, 0.717) is 40.9 Å². The second kappa shape index (κ2) is 12.9. The number of likely N-dealkylation sites (tertiary alicyclic amines) is 1. The SMILES string of the molecule is N#C[C@@H]1CN(C(=O)[C@@H]2CC[C@@H]3CCCCC(NC(=O)c4cc5cc(C(F)P(=O)(O)O)ccc5s4)C(O)N32)C[C@H]1c1ccccc1. The first-order valence-electron chi connectivity index (χ1n) is 15.3. The highest BCUT2D eigenvalue weighted by Crippen LogP contribution is 2.53. The summed E-state index contributed by atoms with van der Waals surface area (Å²) in [6, 6.07) is 16.7. The fraction of sp³-hybridized carbons (Fsp3) is 0.469. The van der Waals surface area contributed by atoms with Crippen molar-refractivity contribution in [2.45, 2.75) is 74.7 Å². The predicted octanol–water partition coefficient (Wildman–Crippen LogP) is 4.64. The van der Waals surface area contributed by atoms with Gasteiger partial charge in [-0.3, -0.25) is 19.1 Å². The van der Waals surface area contributed by atoms with E-state index in [0.717, 1.165) is 42.6 Å². The number of carbonyl (C=O) groups is 2. The minimum absolute atomic E-state index is 0.00152. The summed E-state index contributed by atoms with van der Waals surface area (Å²) in [6.45, 7) is 0.780. The molecule has 3 fully saturated rings. The van der Waals surface area contributed by atoms with Crippen LogP contribution in [0.2, 0.25) is 0 Å². The highest BCUT2D eigenvalue weighted by atomic mass is 32.1. The van der Waals surface area contributed by atoms with Gasteiger partial charge >= 0.3 is 7.60 Å². The molecule has 3 aromatic rings. The van der Waals surface area contributed by atoms with Gasteiger partial charge in [0.2, 0.25) is 11.8 Å². The van der Waals surface area contributed by atoms with Gasteiger partial charge in [0, 0.05) is 29.7 Å². The first kappa shape index (κ1) is 31.8. The molecule has 0 saturated carbocycles. The third kappa shape index (κ3) is 6.43. The number of alkyl halides is 1. The van der Waals surface area contributed by atoms with Crippen LogP contribution in [0.15, 0.2) is 54.6 Å². The second-order valence-corrected chi connectivity index (χ2v) is 15.0. The fourth-order valence-corrected chi connectivity index (χ4v) is 8.71. The molecule has 3 aliphatic rings. The van der Waals surface area contributed by atoms with Gasteiger partial charge in [-0.1, -0.05) is 49.2 Å². The van der Waals surface area contributed by atoms with Gasteiger partial charge in [0.1, 0.15) is 6.23 Å². The Morgan fingerprint density at radius 1 is 1.04 bits per heavy atom. The number of halogens is 1. The number of aliphatic hydroxyl groups excluding tert-OH is 1. The number of nitrogens with one attached hydrogen (secondary N) is 1.